The van der Waals surface area contributed by atoms with Gasteiger partial charge in [0.25, 0.3) is 5.56 Å². The van der Waals surface area contributed by atoms with Crippen LogP contribution < -0.4 is 10.9 Å². The molecule has 0 aliphatic heterocycles. The molecule has 0 aliphatic rings. The van der Waals surface area contributed by atoms with E-state index in [1.165, 1.54) is 7.05 Å². The van der Waals surface area contributed by atoms with Crippen molar-refractivity contribution < 1.29 is 13.2 Å². The highest BCUT2D eigenvalue weighted by molar-refractivity contribution is 5.20. The van der Waals surface area contributed by atoms with Crippen molar-refractivity contribution in [1.82, 2.24) is 15.1 Å². The maximum atomic E-state index is 12.6. The first-order chi connectivity index (χ1) is 7.88. The third kappa shape index (κ3) is 3.36. The van der Waals surface area contributed by atoms with Gasteiger partial charge in [-0.3, -0.25) is 14.6 Å². The summed E-state index contributed by atoms with van der Waals surface area (Å²) in [5.74, 6) is 0. The van der Waals surface area contributed by atoms with E-state index in [0.29, 0.717) is 6.42 Å². The fourth-order valence-corrected chi connectivity index (χ4v) is 1.67. The van der Waals surface area contributed by atoms with Gasteiger partial charge in [0.2, 0.25) is 0 Å². The maximum absolute atomic E-state index is 12.6. The standard InChI is InChI=1S/C10H16F3N3O/c1-14-6-4-3-5-7-8(10(11,12)13)15-16(2)9(7)17/h14-15H,3-6H2,1-2H3. The van der Waals surface area contributed by atoms with Gasteiger partial charge >= 0.3 is 6.18 Å². The van der Waals surface area contributed by atoms with Crippen molar-refractivity contribution in [3.05, 3.63) is 21.6 Å². The topological polar surface area (TPSA) is 49.8 Å². The van der Waals surface area contributed by atoms with Crippen molar-refractivity contribution in [3.63, 3.8) is 0 Å². The van der Waals surface area contributed by atoms with E-state index in [9.17, 15) is 18.0 Å². The highest BCUT2D eigenvalue weighted by Crippen LogP contribution is 2.29. The minimum Gasteiger partial charge on any atom is -0.320 e. The SMILES string of the molecule is CNCCCCc1c(C(F)(F)F)[nH]n(C)c1=O. The summed E-state index contributed by atoms with van der Waals surface area (Å²) < 4.78 is 38.7. The zero-order valence-corrected chi connectivity index (χ0v) is 9.82. The van der Waals surface area contributed by atoms with Gasteiger partial charge in [0.05, 0.1) is 0 Å². The number of aromatic amines is 1. The number of alkyl halides is 3. The second-order valence-corrected chi connectivity index (χ2v) is 3.89. The minimum atomic E-state index is -4.50. The van der Waals surface area contributed by atoms with Crippen molar-refractivity contribution in [3.8, 4) is 0 Å². The largest absolute Gasteiger partial charge is 0.433 e. The highest BCUT2D eigenvalue weighted by Gasteiger charge is 2.37. The highest BCUT2D eigenvalue weighted by atomic mass is 19.4. The summed E-state index contributed by atoms with van der Waals surface area (Å²) in [6, 6.07) is 0. The Kier molecular flexibility index (Phi) is 4.39. The molecule has 2 N–H and O–H groups in total. The lowest BCUT2D eigenvalue weighted by molar-refractivity contribution is -0.142. The number of aryl methyl sites for hydroxylation is 1. The second kappa shape index (κ2) is 5.39. The van der Waals surface area contributed by atoms with Crippen LogP contribution in [-0.4, -0.2) is 23.4 Å². The minimum absolute atomic E-state index is 0.146. The number of rotatable bonds is 5. The van der Waals surface area contributed by atoms with E-state index in [-0.39, 0.29) is 12.0 Å². The van der Waals surface area contributed by atoms with E-state index in [1.54, 1.807) is 7.05 Å². The smallest absolute Gasteiger partial charge is 0.320 e. The van der Waals surface area contributed by atoms with E-state index < -0.39 is 17.4 Å². The number of halogens is 3. The molecule has 4 nitrogen and oxygen atoms in total. The van der Waals surface area contributed by atoms with Crippen LogP contribution in [-0.2, 0) is 19.6 Å². The van der Waals surface area contributed by atoms with Crippen molar-refractivity contribution >= 4 is 0 Å². The molecule has 0 atom stereocenters. The Morgan fingerprint density at radius 3 is 2.53 bits per heavy atom. The molecule has 1 heterocycles. The zero-order chi connectivity index (χ0) is 13.1. The lowest BCUT2D eigenvalue weighted by Gasteiger charge is -2.06. The Labute approximate surface area is 96.8 Å². The number of unbranched alkanes of at least 4 members (excludes halogenated alkanes) is 1. The summed E-state index contributed by atoms with van der Waals surface area (Å²) >= 11 is 0. The van der Waals surface area contributed by atoms with Gasteiger partial charge < -0.3 is 5.32 Å². The van der Waals surface area contributed by atoms with Crippen LogP contribution in [0.4, 0.5) is 13.2 Å². The van der Waals surface area contributed by atoms with Crippen molar-refractivity contribution in [1.29, 1.82) is 0 Å². The summed E-state index contributed by atoms with van der Waals surface area (Å²) in [5, 5.41) is 4.96. The van der Waals surface area contributed by atoms with Crippen molar-refractivity contribution in [2.24, 2.45) is 7.05 Å². The Hall–Kier alpha value is -1.24. The average Bonchev–Trinajstić information content (AvgIpc) is 2.51. The molecule has 1 rings (SSSR count). The fraction of sp³-hybridized carbons (Fsp3) is 0.700. The van der Waals surface area contributed by atoms with Gasteiger partial charge in [-0.25, -0.2) is 0 Å². The van der Waals surface area contributed by atoms with Crippen LogP contribution in [0.1, 0.15) is 24.1 Å². The lowest BCUT2D eigenvalue weighted by atomic mass is 10.1. The normalized spacial score (nSPS) is 12.1. The summed E-state index contributed by atoms with van der Waals surface area (Å²) in [6.07, 6.45) is -3.06. The molecule has 0 radical (unpaired) electrons. The molecular formula is C10H16F3N3O. The van der Waals surface area contributed by atoms with Crippen LogP contribution in [0.15, 0.2) is 4.79 Å². The average molecular weight is 251 g/mol. The van der Waals surface area contributed by atoms with Gasteiger partial charge in [0, 0.05) is 12.6 Å². The van der Waals surface area contributed by atoms with Gasteiger partial charge in [0.1, 0.15) is 5.69 Å². The Morgan fingerprint density at radius 2 is 2.00 bits per heavy atom. The zero-order valence-electron chi connectivity index (χ0n) is 9.82. The molecule has 1 aromatic rings. The monoisotopic (exact) mass is 251 g/mol. The maximum Gasteiger partial charge on any atom is 0.433 e. The third-order valence-corrected chi connectivity index (χ3v) is 2.53. The molecule has 1 aromatic heterocycles. The first-order valence-corrected chi connectivity index (χ1v) is 5.37. The van der Waals surface area contributed by atoms with Crippen molar-refractivity contribution in [2.75, 3.05) is 13.6 Å². The molecule has 0 aliphatic carbocycles. The Morgan fingerprint density at radius 1 is 1.35 bits per heavy atom. The number of aromatic nitrogens is 2. The number of hydrogen-bond acceptors (Lipinski definition) is 2. The molecule has 0 aromatic carbocycles. The number of hydrogen-bond donors (Lipinski definition) is 2. The molecule has 7 heteroatoms. The van der Waals surface area contributed by atoms with Gasteiger partial charge in [-0.15, -0.1) is 0 Å². The molecule has 0 spiro atoms. The molecule has 0 saturated carbocycles. The summed E-state index contributed by atoms with van der Waals surface area (Å²) in [6.45, 7) is 0.728. The van der Waals surface area contributed by atoms with Crippen LogP contribution >= 0.6 is 0 Å². The summed E-state index contributed by atoms with van der Waals surface area (Å²) in [4.78, 5) is 11.5. The Bertz CT molecular complexity index is 419. The second-order valence-electron chi connectivity index (χ2n) is 3.89. The van der Waals surface area contributed by atoms with Crippen LogP contribution in [0.2, 0.25) is 0 Å². The number of nitrogens with zero attached hydrogens (tertiary/aromatic N) is 1. The predicted octanol–water partition coefficient (Wildman–Crippen LogP) is 1.27. The summed E-state index contributed by atoms with van der Waals surface area (Å²) in [7, 11) is 3.06. The molecule has 98 valence electrons. The van der Waals surface area contributed by atoms with E-state index >= 15 is 0 Å². The quantitative estimate of drug-likeness (QED) is 0.774. The number of H-pyrrole nitrogens is 1. The van der Waals surface area contributed by atoms with Crippen LogP contribution in [0, 0.1) is 0 Å². The number of nitrogens with one attached hydrogen (secondary N) is 2. The van der Waals surface area contributed by atoms with E-state index in [0.717, 1.165) is 17.6 Å². The molecule has 0 fully saturated rings. The molecule has 17 heavy (non-hydrogen) atoms. The van der Waals surface area contributed by atoms with Gasteiger partial charge in [-0.05, 0) is 32.9 Å². The molecule has 0 unspecified atom stereocenters. The van der Waals surface area contributed by atoms with Crippen LogP contribution in [0.3, 0.4) is 0 Å². The summed E-state index contributed by atoms with van der Waals surface area (Å²) in [5.41, 5.74) is -1.69. The van der Waals surface area contributed by atoms with Gasteiger partial charge in [-0.2, -0.15) is 13.2 Å². The van der Waals surface area contributed by atoms with E-state index in [4.69, 9.17) is 0 Å². The molecule has 0 bridgehead atoms. The predicted molar refractivity (Wildman–Crippen MR) is 57.9 cm³/mol. The Balaban J connectivity index is 2.86. The lowest BCUT2D eigenvalue weighted by Crippen LogP contribution is -2.17. The van der Waals surface area contributed by atoms with Crippen LogP contribution in [0.5, 0.6) is 0 Å². The van der Waals surface area contributed by atoms with Gasteiger partial charge in [0.15, 0.2) is 0 Å². The third-order valence-electron chi connectivity index (χ3n) is 2.53. The molecule has 0 amide bonds. The first kappa shape index (κ1) is 13.8. The molecular weight excluding hydrogens is 235 g/mol. The van der Waals surface area contributed by atoms with Crippen molar-refractivity contribution in [2.45, 2.75) is 25.4 Å². The fourth-order valence-electron chi connectivity index (χ4n) is 1.67. The van der Waals surface area contributed by atoms with Gasteiger partial charge in [-0.1, -0.05) is 0 Å². The van der Waals surface area contributed by atoms with E-state index in [2.05, 4.69) is 10.4 Å². The molecule has 0 saturated heterocycles. The first-order valence-electron chi connectivity index (χ1n) is 5.37. The van der Waals surface area contributed by atoms with E-state index in [1.807, 2.05) is 0 Å². The van der Waals surface area contributed by atoms with Crippen LogP contribution in [0.25, 0.3) is 0 Å².